The van der Waals surface area contributed by atoms with Crippen molar-refractivity contribution in [2.24, 2.45) is 0 Å². The maximum atomic E-state index is 2.33. The Morgan fingerprint density at radius 3 is 1.14 bits per heavy atom. The molecule has 0 bridgehead atoms. The Morgan fingerprint density at radius 1 is 0.643 bits per heavy atom. The predicted octanol–water partition coefficient (Wildman–Crippen LogP) is 4.70. The van der Waals surface area contributed by atoms with Gasteiger partial charge in [0.25, 0.3) is 0 Å². The molecular formula is C12H28OSn. The molecule has 2 heteroatoms. The van der Waals surface area contributed by atoms with Crippen LogP contribution in [0.3, 0.4) is 0 Å². The first-order chi connectivity index (χ1) is 6.35. The minimum Gasteiger partial charge on any atom is -0.870 e. The smallest absolute Gasteiger partial charge is 0.870 e. The molecule has 14 heavy (non-hydrogen) atoms. The molecule has 0 saturated carbocycles. The molecule has 0 aliphatic heterocycles. The summed E-state index contributed by atoms with van der Waals surface area (Å²) in [6, 6.07) is 0. The predicted molar refractivity (Wildman–Crippen MR) is 66.8 cm³/mol. The van der Waals surface area contributed by atoms with Crippen LogP contribution in [0.25, 0.3) is 0 Å². The Bertz CT molecular complexity index is 77.3. The first kappa shape index (κ1) is 17.2. The molecule has 0 unspecified atom stereocenters. The zero-order valence-electron chi connectivity index (χ0n) is 10.3. The van der Waals surface area contributed by atoms with Crippen molar-refractivity contribution in [3.63, 3.8) is 0 Å². The number of rotatable bonds is 9. The summed E-state index contributed by atoms with van der Waals surface area (Å²) in [6.07, 6.45) is 8.85. The summed E-state index contributed by atoms with van der Waals surface area (Å²) in [4.78, 5) is 0. The summed E-state index contributed by atoms with van der Waals surface area (Å²) >= 11 is -0.839. The monoisotopic (exact) mass is 308 g/mol. The van der Waals surface area contributed by atoms with Crippen LogP contribution in [-0.4, -0.2) is 25.2 Å². The zero-order valence-corrected chi connectivity index (χ0v) is 13.2. The first-order valence-corrected chi connectivity index (χ1v) is 12.2. The SMILES string of the molecule is CCC[CH2][Sn+]([CH2]CCC)[CH2]CCC.[OH-]. The molecule has 0 aromatic rings. The summed E-state index contributed by atoms with van der Waals surface area (Å²) in [5.74, 6) is 0. The summed E-state index contributed by atoms with van der Waals surface area (Å²) in [5.41, 5.74) is 0. The van der Waals surface area contributed by atoms with Gasteiger partial charge in [-0.15, -0.1) is 0 Å². The molecule has 0 aliphatic carbocycles. The van der Waals surface area contributed by atoms with Gasteiger partial charge in [-0.25, -0.2) is 0 Å². The third-order valence-electron chi connectivity index (χ3n) is 2.65. The second kappa shape index (κ2) is 13.8. The summed E-state index contributed by atoms with van der Waals surface area (Å²) < 4.78 is 5.04. The van der Waals surface area contributed by atoms with Gasteiger partial charge < -0.3 is 5.48 Å². The molecule has 86 valence electrons. The van der Waals surface area contributed by atoms with Crippen molar-refractivity contribution in [2.75, 3.05) is 0 Å². The molecular weight excluding hydrogens is 279 g/mol. The molecule has 0 saturated heterocycles. The Hall–Kier alpha value is 0.759. The fourth-order valence-electron chi connectivity index (χ4n) is 1.66. The molecule has 0 aromatic heterocycles. The second-order valence-corrected chi connectivity index (χ2v) is 12.6. The number of unbranched alkanes of at least 4 members (excludes halogenated alkanes) is 3. The Kier molecular flexibility index (Phi) is 16.9. The van der Waals surface area contributed by atoms with Crippen molar-refractivity contribution in [1.29, 1.82) is 0 Å². The standard InChI is InChI=1S/3C4H9.H2O.Sn/c3*1-3-4-2;;/h3*1,3-4H2,2H3;1H2;/q;;;;+1/p-1. The van der Waals surface area contributed by atoms with Crippen LogP contribution in [0.15, 0.2) is 0 Å². The van der Waals surface area contributed by atoms with Gasteiger partial charge in [-0.2, -0.15) is 0 Å². The van der Waals surface area contributed by atoms with Crippen molar-refractivity contribution < 1.29 is 5.48 Å². The van der Waals surface area contributed by atoms with Crippen molar-refractivity contribution in [3.8, 4) is 0 Å². The third-order valence-corrected chi connectivity index (χ3v) is 11.7. The van der Waals surface area contributed by atoms with E-state index in [1.165, 1.54) is 38.5 Å². The second-order valence-electron chi connectivity index (χ2n) is 4.06. The van der Waals surface area contributed by atoms with Crippen LogP contribution in [0.5, 0.6) is 0 Å². The summed E-state index contributed by atoms with van der Waals surface area (Å²) in [5, 5.41) is 0. The summed E-state index contributed by atoms with van der Waals surface area (Å²) in [7, 11) is 0. The van der Waals surface area contributed by atoms with Crippen LogP contribution < -0.4 is 0 Å². The molecule has 0 aromatic carbocycles. The van der Waals surface area contributed by atoms with E-state index in [0.717, 1.165) is 0 Å². The van der Waals surface area contributed by atoms with Crippen LogP contribution in [-0.2, 0) is 0 Å². The van der Waals surface area contributed by atoms with Crippen LogP contribution in [0, 0.1) is 0 Å². The molecule has 1 N–H and O–H groups in total. The average molecular weight is 307 g/mol. The Balaban J connectivity index is 0. The maximum Gasteiger partial charge on any atom is -0.870 e. The van der Waals surface area contributed by atoms with E-state index in [2.05, 4.69) is 20.8 Å². The van der Waals surface area contributed by atoms with Crippen molar-refractivity contribution in [1.82, 2.24) is 0 Å². The van der Waals surface area contributed by atoms with Gasteiger partial charge in [0.15, 0.2) is 0 Å². The van der Waals surface area contributed by atoms with Gasteiger partial charge in [-0.3, -0.25) is 0 Å². The summed E-state index contributed by atoms with van der Waals surface area (Å²) in [6.45, 7) is 7.00. The van der Waals surface area contributed by atoms with Gasteiger partial charge >= 0.3 is 92.4 Å². The molecule has 1 nitrogen and oxygen atoms in total. The van der Waals surface area contributed by atoms with Crippen LogP contribution in [0.2, 0.25) is 13.3 Å². The Labute approximate surface area is 97.7 Å². The van der Waals surface area contributed by atoms with Gasteiger partial charge in [0.05, 0.1) is 0 Å². The topological polar surface area (TPSA) is 30.0 Å². The van der Waals surface area contributed by atoms with Gasteiger partial charge in [-0.1, -0.05) is 0 Å². The van der Waals surface area contributed by atoms with Crippen LogP contribution in [0.4, 0.5) is 0 Å². The fourth-order valence-corrected chi connectivity index (χ4v) is 11.1. The van der Waals surface area contributed by atoms with E-state index < -0.39 is 19.8 Å². The molecule has 0 fully saturated rings. The quantitative estimate of drug-likeness (QED) is 0.568. The van der Waals surface area contributed by atoms with Crippen LogP contribution >= 0.6 is 0 Å². The van der Waals surface area contributed by atoms with E-state index in [9.17, 15) is 0 Å². The van der Waals surface area contributed by atoms with Crippen molar-refractivity contribution in [2.45, 2.75) is 72.6 Å². The third kappa shape index (κ3) is 10.8. The van der Waals surface area contributed by atoms with E-state index in [1.807, 2.05) is 0 Å². The van der Waals surface area contributed by atoms with Crippen molar-refractivity contribution in [3.05, 3.63) is 0 Å². The molecule has 0 amide bonds. The van der Waals surface area contributed by atoms with E-state index in [-0.39, 0.29) is 5.48 Å². The fraction of sp³-hybridized carbons (Fsp3) is 1.00. The zero-order chi connectivity index (χ0) is 9.94. The molecule has 0 radical (unpaired) electrons. The van der Waals surface area contributed by atoms with Crippen molar-refractivity contribution >= 4 is 19.8 Å². The maximum absolute atomic E-state index is 2.33. The number of hydrogen-bond acceptors (Lipinski definition) is 1. The van der Waals surface area contributed by atoms with E-state index >= 15 is 0 Å². The van der Waals surface area contributed by atoms with Crippen LogP contribution in [0.1, 0.15) is 59.3 Å². The molecule has 0 spiro atoms. The van der Waals surface area contributed by atoms with Gasteiger partial charge in [-0.05, 0) is 0 Å². The minimum absolute atomic E-state index is 0. The first-order valence-electron chi connectivity index (χ1n) is 6.18. The van der Waals surface area contributed by atoms with E-state index in [4.69, 9.17) is 0 Å². The van der Waals surface area contributed by atoms with E-state index in [1.54, 1.807) is 13.3 Å². The van der Waals surface area contributed by atoms with E-state index in [0.29, 0.717) is 0 Å². The molecule has 0 aliphatic rings. The Morgan fingerprint density at radius 2 is 0.929 bits per heavy atom. The largest absolute Gasteiger partial charge is 0.870 e. The van der Waals surface area contributed by atoms with Gasteiger partial charge in [0.2, 0.25) is 0 Å². The normalized spacial score (nSPS) is 9.64. The average Bonchev–Trinajstić information content (AvgIpc) is 2.17. The molecule has 0 heterocycles. The minimum atomic E-state index is -0.839. The van der Waals surface area contributed by atoms with Gasteiger partial charge in [0.1, 0.15) is 0 Å². The van der Waals surface area contributed by atoms with Gasteiger partial charge in [0, 0.05) is 0 Å². The number of hydrogen-bond donors (Lipinski definition) is 0. The molecule has 0 rings (SSSR count). The molecule has 0 atom stereocenters.